The number of esters is 1. The number of nitrogens with two attached hydrogens (primary N) is 1. The molecule has 1 aliphatic rings. The van der Waals surface area contributed by atoms with E-state index in [2.05, 4.69) is 0 Å². The summed E-state index contributed by atoms with van der Waals surface area (Å²) in [4.78, 5) is 22.9. The molecule has 1 unspecified atom stereocenters. The van der Waals surface area contributed by atoms with E-state index >= 15 is 0 Å². The van der Waals surface area contributed by atoms with Gasteiger partial charge < -0.3 is 15.2 Å². The second kappa shape index (κ2) is 4.70. The van der Waals surface area contributed by atoms with Gasteiger partial charge in [0, 0.05) is 18.1 Å². The van der Waals surface area contributed by atoms with Crippen molar-refractivity contribution in [2.45, 2.75) is 38.3 Å². The molecule has 21 heavy (non-hydrogen) atoms. The number of fused-ring (bicyclic) bond motifs is 1. The summed E-state index contributed by atoms with van der Waals surface area (Å²) >= 11 is 0. The molecule has 114 valence electrons. The minimum absolute atomic E-state index is 0.0368. The Bertz CT molecular complexity index is 626. The minimum atomic E-state index is -1.47. The number of nitro benzene ring substituents is 1. The van der Waals surface area contributed by atoms with E-state index in [1.165, 1.54) is 13.2 Å². The van der Waals surface area contributed by atoms with Gasteiger partial charge in [-0.3, -0.25) is 10.1 Å². The third-order valence-corrected chi connectivity index (χ3v) is 3.52. The second-order valence-corrected chi connectivity index (χ2v) is 5.92. The van der Waals surface area contributed by atoms with Gasteiger partial charge >= 0.3 is 11.7 Å². The van der Waals surface area contributed by atoms with Crippen molar-refractivity contribution >= 4 is 11.7 Å². The number of nitro groups is 1. The molecule has 1 aliphatic heterocycles. The van der Waals surface area contributed by atoms with Crippen molar-refractivity contribution in [3.8, 4) is 5.75 Å². The van der Waals surface area contributed by atoms with E-state index in [-0.39, 0.29) is 17.9 Å². The zero-order valence-electron chi connectivity index (χ0n) is 12.4. The molecular formula is C14H18N2O5. The molecule has 1 atom stereocenters. The summed E-state index contributed by atoms with van der Waals surface area (Å²) < 4.78 is 10.5. The van der Waals surface area contributed by atoms with Gasteiger partial charge in [-0.2, -0.15) is 0 Å². The fraction of sp³-hybridized carbons (Fsp3) is 0.500. The van der Waals surface area contributed by atoms with Crippen molar-refractivity contribution in [1.82, 2.24) is 0 Å². The Kier molecular flexibility index (Phi) is 3.41. The maximum Gasteiger partial charge on any atom is 0.330 e. The van der Waals surface area contributed by atoms with Crippen LogP contribution in [0.3, 0.4) is 0 Å². The van der Waals surface area contributed by atoms with Crippen molar-refractivity contribution in [2.24, 2.45) is 5.73 Å². The van der Waals surface area contributed by atoms with Crippen LogP contribution in [0.15, 0.2) is 12.1 Å². The minimum Gasteiger partial charge on any atom is -0.480 e. The maximum atomic E-state index is 12.2. The molecule has 1 aromatic carbocycles. The van der Waals surface area contributed by atoms with Gasteiger partial charge in [-0.25, -0.2) is 4.79 Å². The van der Waals surface area contributed by atoms with Crippen LogP contribution in [0.5, 0.6) is 5.75 Å². The molecular weight excluding hydrogens is 276 g/mol. The Hall–Kier alpha value is -2.15. The number of hydrogen-bond donors (Lipinski definition) is 1. The van der Waals surface area contributed by atoms with Crippen LogP contribution in [-0.4, -0.2) is 23.6 Å². The Morgan fingerprint density at radius 3 is 2.62 bits per heavy atom. The summed E-state index contributed by atoms with van der Waals surface area (Å²) in [6, 6.07) is 3.03. The molecule has 0 saturated heterocycles. The Morgan fingerprint density at radius 2 is 2.10 bits per heavy atom. The Balaban J connectivity index is 2.78. The van der Waals surface area contributed by atoms with Crippen LogP contribution >= 0.6 is 0 Å². The number of nitrogens with zero attached hydrogens (tertiary/aromatic N) is 1. The van der Waals surface area contributed by atoms with E-state index in [0.717, 1.165) is 0 Å². The maximum absolute atomic E-state index is 12.2. The SMILES string of the molecule is COC(=O)C1(N)CC(C)(C)Oc2c([N+](=O)[O-])cc(C)cc21. The van der Waals surface area contributed by atoms with E-state index in [1.54, 1.807) is 26.8 Å². The fourth-order valence-electron chi connectivity index (χ4n) is 2.77. The van der Waals surface area contributed by atoms with E-state index in [1.807, 2.05) is 0 Å². The van der Waals surface area contributed by atoms with Gasteiger partial charge in [-0.1, -0.05) is 0 Å². The zero-order valence-corrected chi connectivity index (χ0v) is 12.4. The first-order valence-corrected chi connectivity index (χ1v) is 6.46. The Labute approximate surface area is 122 Å². The van der Waals surface area contributed by atoms with Crippen molar-refractivity contribution < 1.29 is 19.2 Å². The molecule has 0 amide bonds. The molecule has 0 spiro atoms. The van der Waals surface area contributed by atoms with E-state index in [4.69, 9.17) is 15.2 Å². The lowest BCUT2D eigenvalue weighted by Gasteiger charge is -2.41. The van der Waals surface area contributed by atoms with Gasteiger partial charge in [0.2, 0.25) is 5.75 Å². The summed E-state index contributed by atoms with van der Waals surface area (Å²) in [6.45, 7) is 5.15. The van der Waals surface area contributed by atoms with Crippen molar-refractivity contribution in [1.29, 1.82) is 0 Å². The number of carbonyl (C=O) groups is 1. The molecule has 7 nitrogen and oxygen atoms in total. The third-order valence-electron chi connectivity index (χ3n) is 3.52. The average molecular weight is 294 g/mol. The lowest BCUT2D eigenvalue weighted by molar-refractivity contribution is -0.386. The van der Waals surface area contributed by atoms with Crippen LogP contribution in [0.25, 0.3) is 0 Å². The first kappa shape index (κ1) is 15.2. The van der Waals surface area contributed by atoms with Crippen molar-refractivity contribution in [2.75, 3.05) is 7.11 Å². The molecule has 0 aromatic heterocycles. The molecule has 7 heteroatoms. The van der Waals surface area contributed by atoms with E-state index < -0.39 is 22.0 Å². The molecule has 1 heterocycles. The summed E-state index contributed by atoms with van der Waals surface area (Å²) in [5.74, 6) is -0.602. The highest BCUT2D eigenvalue weighted by molar-refractivity contribution is 5.85. The quantitative estimate of drug-likeness (QED) is 0.506. The summed E-state index contributed by atoms with van der Waals surface area (Å²) in [5, 5.41) is 11.3. The van der Waals surface area contributed by atoms with Gasteiger partial charge in [-0.05, 0) is 32.4 Å². The van der Waals surface area contributed by atoms with Gasteiger partial charge in [0.25, 0.3) is 0 Å². The lowest BCUT2D eigenvalue weighted by Crippen LogP contribution is -2.55. The van der Waals surface area contributed by atoms with E-state index in [0.29, 0.717) is 11.1 Å². The molecule has 0 radical (unpaired) electrons. The number of ether oxygens (including phenoxy) is 2. The standard InChI is InChI=1S/C14H18N2O5/c1-8-5-9-11(10(6-8)16(18)19)21-13(2,3)7-14(9,15)12(17)20-4/h5-6H,7,15H2,1-4H3. The molecule has 0 aliphatic carbocycles. The normalized spacial score (nSPS) is 22.9. The number of carbonyl (C=O) groups excluding carboxylic acids is 1. The van der Waals surface area contributed by atoms with Crippen molar-refractivity contribution in [3.05, 3.63) is 33.4 Å². The summed E-state index contributed by atoms with van der Waals surface area (Å²) in [6.07, 6.45) is 0.167. The van der Waals surface area contributed by atoms with Crippen LogP contribution in [-0.2, 0) is 15.1 Å². The average Bonchev–Trinajstić information content (AvgIpc) is 2.36. The first-order valence-electron chi connectivity index (χ1n) is 6.46. The van der Waals surface area contributed by atoms with Gasteiger partial charge in [-0.15, -0.1) is 0 Å². The smallest absolute Gasteiger partial charge is 0.330 e. The van der Waals surface area contributed by atoms with Crippen LogP contribution in [0, 0.1) is 17.0 Å². The molecule has 0 fully saturated rings. The van der Waals surface area contributed by atoms with Crippen LogP contribution in [0.4, 0.5) is 5.69 Å². The fourth-order valence-corrected chi connectivity index (χ4v) is 2.77. The van der Waals surface area contributed by atoms with Crippen LogP contribution in [0.2, 0.25) is 0 Å². The summed E-state index contributed by atoms with van der Waals surface area (Å²) in [7, 11) is 1.24. The second-order valence-electron chi connectivity index (χ2n) is 5.92. The first-order chi connectivity index (χ1) is 9.60. The largest absolute Gasteiger partial charge is 0.480 e. The third kappa shape index (κ3) is 2.44. The van der Waals surface area contributed by atoms with Gasteiger partial charge in [0.15, 0.2) is 0 Å². The lowest BCUT2D eigenvalue weighted by atomic mass is 9.77. The van der Waals surface area contributed by atoms with E-state index in [9.17, 15) is 14.9 Å². The highest BCUT2D eigenvalue weighted by Gasteiger charge is 2.51. The molecule has 2 N–H and O–H groups in total. The monoisotopic (exact) mass is 294 g/mol. The number of methoxy groups -OCH3 is 1. The van der Waals surface area contributed by atoms with Crippen LogP contribution in [0.1, 0.15) is 31.4 Å². The number of hydrogen-bond acceptors (Lipinski definition) is 6. The predicted octanol–water partition coefficient (Wildman–Crippen LogP) is 1.79. The highest BCUT2D eigenvalue weighted by Crippen LogP contribution is 2.47. The highest BCUT2D eigenvalue weighted by atomic mass is 16.6. The van der Waals surface area contributed by atoms with Gasteiger partial charge in [0.05, 0.1) is 12.0 Å². The number of benzene rings is 1. The predicted molar refractivity (Wildman–Crippen MR) is 75.0 cm³/mol. The Morgan fingerprint density at radius 1 is 1.48 bits per heavy atom. The number of aryl methyl sites for hydroxylation is 1. The van der Waals surface area contributed by atoms with Crippen molar-refractivity contribution in [3.63, 3.8) is 0 Å². The molecule has 0 bridgehead atoms. The summed E-state index contributed by atoms with van der Waals surface area (Å²) in [5.41, 5.74) is 4.69. The van der Waals surface area contributed by atoms with Crippen LogP contribution < -0.4 is 10.5 Å². The number of rotatable bonds is 2. The topological polar surface area (TPSA) is 105 Å². The van der Waals surface area contributed by atoms with Gasteiger partial charge in [0.1, 0.15) is 11.1 Å². The zero-order chi connectivity index (χ0) is 16.0. The molecule has 0 saturated carbocycles. The molecule has 1 aromatic rings. The molecule has 2 rings (SSSR count).